The van der Waals surface area contributed by atoms with E-state index >= 15 is 0 Å². The van der Waals surface area contributed by atoms with Gasteiger partial charge in [0, 0.05) is 27.8 Å². The maximum atomic E-state index is 12.5. The molecule has 0 aromatic heterocycles. The number of methoxy groups -OCH3 is 3. The van der Waals surface area contributed by atoms with Crippen molar-refractivity contribution in [3.63, 3.8) is 0 Å². The minimum atomic E-state index is -2.05. The van der Waals surface area contributed by atoms with E-state index in [2.05, 4.69) is 0 Å². The maximum Gasteiger partial charge on any atom is 0.315 e. The topological polar surface area (TPSA) is 277 Å². The van der Waals surface area contributed by atoms with E-state index in [1.165, 1.54) is 42.1 Å². The van der Waals surface area contributed by atoms with Crippen LogP contribution in [0.2, 0.25) is 0 Å². The molecule has 0 saturated carbocycles. The van der Waals surface area contributed by atoms with Crippen molar-refractivity contribution in [3.8, 4) is 0 Å². The fraction of sp³-hybridized carbons (Fsp3) is 0.972. The molecule has 0 aromatic carbocycles. The number of fused-ring (bicyclic) bond motifs is 3. The Labute approximate surface area is 334 Å². The van der Waals surface area contributed by atoms with Gasteiger partial charge in [-0.3, -0.25) is 4.79 Å². The van der Waals surface area contributed by atoms with E-state index in [1.54, 1.807) is 13.8 Å². The zero-order chi connectivity index (χ0) is 42.1. The van der Waals surface area contributed by atoms with Crippen LogP contribution in [-0.2, 0) is 75.8 Å². The van der Waals surface area contributed by atoms with Gasteiger partial charge in [-0.05, 0) is 34.6 Å². The zero-order valence-corrected chi connectivity index (χ0v) is 33.6. The molecular formula is C36H58O22. The molecule has 22 nitrogen and oxygen atoms in total. The van der Waals surface area contributed by atoms with Crippen molar-refractivity contribution in [3.05, 3.63) is 0 Å². The SMILES string of the molecule is COC[C@@H]1O[C@H](O[C@H]2OC[C@H]3O[C@@]4(O[C@H]3[C@@H]2O)O[C@@H](C)[C@](O)(C(C)=O)[C@@H]2OCO[C@@H]24)[C@@H](OC)[C@H](O)[C@H]1O[C@H]1O[C@@H](C)[C@H](OC)[C@@H](O[C@H]2C[C@@](C)(O)[C@H](O)[C@@H](C)O2)[C@@H]1O. The van der Waals surface area contributed by atoms with E-state index in [4.69, 9.17) is 71.1 Å². The second kappa shape index (κ2) is 17.2. The number of carbonyl (C=O) groups excluding carboxylic acids is 1. The van der Waals surface area contributed by atoms with Gasteiger partial charge in [0.2, 0.25) is 0 Å². The van der Waals surface area contributed by atoms with Crippen LogP contribution in [0.3, 0.4) is 0 Å². The van der Waals surface area contributed by atoms with Gasteiger partial charge in [0.05, 0.1) is 37.1 Å². The van der Waals surface area contributed by atoms with Gasteiger partial charge >= 0.3 is 5.97 Å². The highest BCUT2D eigenvalue weighted by molar-refractivity contribution is 5.86. The lowest BCUT2D eigenvalue weighted by Crippen LogP contribution is -2.72. The molecule has 7 heterocycles. The number of aliphatic hydroxyl groups excluding tert-OH is 4. The lowest BCUT2D eigenvalue weighted by molar-refractivity contribution is -0.428. The van der Waals surface area contributed by atoms with Crippen LogP contribution in [0.15, 0.2) is 0 Å². The van der Waals surface area contributed by atoms with Crippen LogP contribution in [0.5, 0.6) is 0 Å². The highest BCUT2D eigenvalue weighted by Gasteiger charge is 2.72. The van der Waals surface area contributed by atoms with Gasteiger partial charge in [-0.2, -0.15) is 0 Å². The smallest absolute Gasteiger partial charge is 0.315 e. The van der Waals surface area contributed by atoms with Crippen LogP contribution in [0, 0.1) is 0 Å². The summed E-state index contributed by atoms with van der Waals surface area (Å²) in [6.45, 7) is 6.81. The van der Waals surface area contributed by atoms with Gasteiger partial charge in [0.25, 0.3) is 0 Å². The van der Waals surface area contributed by atoms with Crippen LogP contribution in [0.1, 0.15) is 41.0 Å². The summed E-state index contributed by atoms with van der Waals surface area (Å²) in [5.41, 5.74) is -3.59. The van der Waals surface area contributed by atoms with Crippen molar-refractivity contribution in [2.75, 3.05) is 41.3 Å². The molecule has 7 aliphatic heterocycles. The van der Waals surface area contributed by atoms with Gasteiger partial charge in [0.1, 0.15) is 80.0 Å². The molecule has 0 unspecified atom stereocenters. The third kappa shape index (κ3) is 7.79. The molecule has 7 fully saturated rings. The fourth-order valence-electron chi connectivity index (χ4n) is 9.04. The standard InChI is InChI=1S/C36H58O22/c1-13-23(45-7)26(53-19-9-34(5,42)28(41)14(2)50-19)22(40)32(51-13)54-24-17(10-44-6)52-33(27(46-8)20(24)38)55-31-21(39)25-18(11-47-31)57-36(58-25)30-29(48-12-49-30)35(43,15(3)37)16(4)56-36/h13-14,16-33,38-43H,9-12H2,1-8H3/t13-,14+,16-,17-,18+,19-,20+,21-,22-,23-,24-,25+,26-,27-,28+,29+,30-,31+,32+,33+,34+,35+,36-/m0/s1. The zero-order valence-electron chi connectivity index (χ0n) is 33.6. The molecule has 7 saturated heterocycles. The number of hydrogen-bond donors (Lipinski definition) is 6. The highest BCUT2D eigenvalue weighted by atomic mass is 16.9. The summed E-state index contributed by atoms with van der Waals surface area (Å²) in [4.78, 5) is 12.5. The molecule has 334 valence electrons. The maximum absolute atomic E-state index is 12.5. The van der Waals surface area contributed by atoms with E-state index in [0.29, 0.717) is 0 Å². The molecule has 0 amide bonds. The highest BCUT2D eigenvalue weighted by Crippen LogP contribution is 2.49. The number of rotatable bonds is 11. The fourth-order valence-corrected chi connectivity index (χ4v) is 9.04. The lowest BCUT2D eigenvalue weighted by Gasteiger charge is -2.49. The van der Waals surface area contributed by atoms with Crippen molar-refractivity contribution in [1.82, 2.24) is 0 Å². The van der Waals surface area contributed by atoms with E-state index in [9.17, 15) is 35.4 Å². The molecule has 23 atom stereocenters. The molecule has 6 N–H and O–H groups in total. The summed E-state index contributed by atoms with van der Waals surface area (Å²) in [7, 11) is 4.12. The summed E-state index contributed by atoms with van der Waals surface area (Å²) in [6, 6.07) is 0. The van der Waals surface area contributed by atoms with Crippen molar-refractivity contribution >= 4 is 5.78 Å². The average molecular weight is 843 g/mol. The van der Waals surface area contributed by atoms with Crippen LogP contribution in [0.4, 0.5) is 0 Å². The molecule has 1 spiro atoms. The Hall–Kier alpha value is -1.17. The molecule has 0 aliphatic carbocycles. The average Bonchev–Trinajstić information content (AvgIpc) is 3.82. The van der Waals surface area contributed by atoms with Crippen molar-refractivity contribution in [1.29, 1.82) is 0 Å². The summed E-state index contributed by atoms with van der Waals surface area (Å²) >= 11 is 0. The Balaban J connectivity index is 1.03. The van der Waals surface area contributed by atoms with Gasteiger partial charge in [-0.1, -0.05) is 0 Å². The first-order valence-corrected chi connectivity index (χ1v) is 19.4. The Morgan fingerprint density at radius 2 is 1.43 bits per heavy atom. The van der Waals surface area contributed by atoms with Crippen molar-refractivity contribution in [2.24, 2.45) is 0 Å². The van der Waals surface area contributed by atoms with Gasteiger partial charge in [-0.15, -0.1) is 0 Å². The minimum Gasteiger partial charge on any atom is -0.387 e. The Morgan fingerprint density at radius 1 is 0.724 bits per heavy atom. The number of ether oxygens (including phenoxy) is 15. The second-order valence-electron chi connectivity index (χ2n) is 16.2. The number of ketones is 1. The number of carbonyl (C=O) groups is 1. The number of Topliss-reactive ketones (excluding diaryl/α,β-unsaturated/α-hetero) is 1. The quantitative estimate of drug-likeness (QED) is 0.118. The third-order valence-electron chi connectivity index (χ3n) is 12.2. The van der Waals surface area contributed by atoms with Crippen molar-refractivity contribution < 1.29 is 106 Å². The van der Waals surface area contributed by atoms with E-state index in [-0.39, 0.29) is 26.4 Å². The number of aliphatic hydroxyl groups is 6. The summed E-state index contributed by atoms with van der Waals surface area (Å²) in [5, 5.41) is 67.3. The van der Waals surface area contributed by atoms with Crippen LogP contribution in [0.25, 0.3) is 0 Å². The molecule has 7 rings (SSSR count). The van der Waals surface area contributed by atoms with E-state index in [0.717, 1.165) is 0 Å². The molecule has 0 radical (unpaired) electrons. The molecular weight excluding hydrogens is 784 g/mol. The predicted octanol–water partition coefficient (Wildman–Crippen LogP) is -3.48. The summed E-state index contributed by atoms with van der Waals surface area (Å²) in [5.74, 6) is -2.57. The van der Waals surface area contributed by atoms with Crippen LogP contribution >= 0.6 is 0 Å². The lowest BCUT2D eigenvalue weighted by atomic mass is 9.81. The predicted molar refractivity (Wildman–Crippen MR) is 184 cm³/mol. The third-order valence-corrected chi connectivity index (χ3v) is 12.2. The Kier molecular flexibility index (Phi) is 13.3. The molecule has 0 aromatic rings. The largest absolute Gasteiger partial charge is 0.387 e. The Bertz CT molecular complexity index is 1420. The van der Waals surface area contributed by atoms with Crippen LogP contribution < -0.4 is 0 Å². The van der Waals surface area contributed by atoms with Gasteiger partial charge < -0.3 is 102 Å². The minimum absolute atomic E-state index is 0.107. The summed E-state index contributed by atoms with van der Waals surface area (Å²) in [6.07, 6.45) is -23.8. The number of hydrogen-bond acceptors (Lipinski definition) is 22. The summed E-state index contributed by atoms with van der Waals surface area (Å²) < 4.78 is 88.7. The first-order valence-electron chi connectivity index (χ1n) is 19.4. The molecule has 7 aliphatic rings. The van der Waals surface area contributed by atoms with Gasteiger partial charge in [0.15, 0.2) is 42.6 Å². The van der Waals surface area contributed by atoms with Crippen molar-refractivity contribution in [2.45, 2.75) is 181 Å². The monoisotopic (exact) mass is 842 g/mol. The first kappa shape index (κ1) is 44.9. The molecule has 58 heavy (non-hydrogen) atoms. The first-order chi connectivity index (χ1) is 27.4. The van der Waals surface area contributed by atoms with Crippen LogP contribution in [-0.4, -0.2) is 218 Å². The van der Waals surface area contributed by atoms with Gasteiger partial charge in [-0.25, -0.2) is 0 Å². The molecule has 0 bridgehead atoms. The normalized spacial score (nSPS) is 54.7. The Morgan fingerprint density at radius 3 is 2.09 bits per heavy atom. The second-order valence-corrected chi connectivity index (χ2v) is 16.2. The van der Waals surface area contributed by atoms with E-state index in [1.807, 2.05) is 0 Å². The van der Waals surface area contributed by atoms with E-state index < -0.39 is 146 Å². The molecule has 22 heteroatoms.